The van der Waals surface area contributed by atoms with Crippen molar-refractivity contribution in [3.8, 4) is 11.6 Å². The van der Waals surface area contributed by atoms with E-state index in [1.54, 1.807) is 36.4 Å². The molecule has 6 nitrogen and oxygen atoms in total. The molecule has 0 aliphatic carbocycles. The zero-order chi connectivity index (χ0) is 18.1. The maximum atomic E-state index is 13.4. The molecule has 0 radical (unpaired) electrons. The summed E-state index contributed by atoms with van der Waals surface area (Å²) < 4.78 is 21.6. The molecule has 130 valence electrons. The molecule has 2 heterocycles. The van der Waals surface area contributed by atoms with E-state index in [9.17, 15) is 9.18 Å². The lowest BCUT2D eigenvalue weighted by molar-refractivity contribution is 0.464. The molecule has 0 amide bonds. The lowest BCUT2D eigenvalue weighted by Gasteiger charge is -2.04. The van der Waals surface area contributed by atoms with Gasteiger partial charge < -0.3 is 4.74 Å². The molecule has 4 aromatic rings. The van der Waals surface area contributed by atoms with E-state index in [0.29, 0.717) is 16.3 Å². The third-order valence-corrected chi connectivity index (χ3v) is 3.97. The van der Waals surface area contributed by atoms with Crippen molar-refractivity contribution in [2.45, 2.75) is 6.54 Å². The molecule has 0 atom stereocenters. The lowest BCUT2D eigenvalue weighted by atomic mass is 10.2. The van der Waals surface area contributed by atoms with Crippen molar-refractivity contribution in [1.29, 1.82) is 0 Å². The first-order chi connectivity index (χ1) is 12.6. The Labute approximate surface area is 152 Å². The van der Waals surface area contributed by atoms with Crippen molar-refractivity contribution >= 4 is 17.2 Å². The summed E-state index contributed by atoms with van der Waals surface area (Å²) in [5, 5.41) is 4.86. The summed E-state index contributed by atoms with van der Waals surface area (Å²) in [5.41, 5.74) is 0.528. The second-order valence-electron chi connectivity index (χ2n) is 5.55. The maximum absolute atomic E-state index is 13.4. The van der Waals surface area contributed by atoms with Gasteiger partial charge in [0, 0.05) is 17.4 Å². The highest BCUT2D eigenvalue weighted by Crippen LogP contribution is 2.23. The smallest absolute Gasteiger partial charge is 0.350 e. The van der Waals surface area contributed by atoms with E-state index in [4.69, 9.17) is 16.3 Å². The van der Waals surface area contributed by atoms with Crippen LogP contribution in [0.25, 0.3) is 5.65 Å². The lowest BCUT2D eigenvalue weighted by Crippen LogP contribution is -2.21. The minimum Gasteiger partial charge on any atom is -0.436 e. The second kappa shape index (κ2) is 6.61. The van der Waals surface area contributed by atoms with Gasteiger partial charge in [0.2, 0.25) is 5.65 Å². The number of hydrogen-bond acceptors (Lipinski definition) is 4. The predicted octanol–water partition coefficient (Wildman–Crippen LogP) is 3.52. The summed E-state index contributed by atoms with van der Waals surface area (Å²) in [6.45, 7) is 0.138. The molecule has 2 aromatic heterocycles. The van der Waals surface area contributed by atoms with Crippen LogP contribution in [0.4, 0.5) is 4.39 Å². The Morgan fingerprint density at radius 3 is 2.73 bits per heavy atom. The Bertz CT molecular complexity index is 1140. The number of benzene rings is 2. The van der Waals surface area contributed by atoms with Crippen LogP contribution in [0.5, 0.6) is 11.6 Å². The summed E-state index contributed by atoms with van der Waals surface area (Å²) in [6.07, 6.45) is 2.95. The zero-order valence-corrected chi connectivity index (χ0v) is 14.1. The number of rotatable bonds is 4. The van der Waals surface area contributed by atoms with Crippen molar-refractivity contribution in [2.24, 2.45) is 0 Å². The number of fused-ring (bicyclic) bond motifs is 1. The van der Waals surface area contributed by atoms with E-state index in [2.05, 4.69) is 10.1 Å². The Morgan fingerprint density at radius 2 is 1.96 bits per heavy atom. The van der Waals surface area contributed by atoms with Crippen molar-refractivity contribution in [2.75, 3.05) is 0 Å². The van der Waals surface area contributed by atoms with E-state index < -0.39 is 0 Å². The van der Waals surface area contributed by atoms with Gasteiger partial charge >= 0.3 is 5.69 Å². The highest BCUT2D eigenvalue weighted by atomic mass is 35.5. The van der Waals surface area contributed by atoms with Gasteiger partial charge in [-0.2, -0.15) is 0 Å². The van der Waals surface area contributed by atoms with Crippen LogP contribution in [0.3, 0.4) is 0 Å². The summed E-state index contributed by atoms with van der Waals surface area (Å²) in [7, 11) is 0. The Hall–Kier alpha value is -3.19. The molecule has 0 fully saturated rings. The number of nitrogens with zero attached hydrogens (tertiary/aromatic N) is 4. The molecule has 8 heteroatoms. The fourth-order valence-corrected chi connectivity index (χ4v) is 2.65. The van der Waals surface area contributed by atoms with Gasteiger partial charge in [0.15, 0.2) is 0 Å². The summed E-state index contributed by atoms with van der Waals surface area (Å²) in [5.74, 6) is 0.333. The molecule has 4 rings (SSSR count). The van der Waals surface area contributed by atoms with E-state index in [1.165, 1.54) is 33.6 Å². The number of halogens is 2. The fraction of sp³-hybridized carbons (Fsp3) is 0.0556. The Balaban J connectivity index is 1.72. The van der Waals surface area contributed by atoms with Gasteiger partial charge in [0.1, 0.15) is 11.6 Å². The molecular formula is C18H12ClFN4O2. The molecule has 0 aliphatic rings. The third kappa shape index (κ3) is 3.16. The van der Waals surface area contributed by atoms with Gasteiger partial charge in [-0.3, -0.25) is 0 Å². The van der Waals surface area contributed by atoms with Gasteiger partial charge in [-0.05, 0) is 42.0 Å². The van der Waals surface area contributed by atoms with Crippen LogP contribution in [0.2, 0.25) is 5.02 Å². The van der Waals surface area contributed by atoms with Crippen LogP contribution in [-0.2, 0) is 6.54 Å². The maximum Gasteiger partial charge on any atom is 0.350 e. The molecule has 0 N–H and O–H groups in total. The number of hydrogen-bond donors (Lipinski definition) is 0. The molecule has 0 saturated carbocycles. The second-order valence-corrected chi connectivity index (χ2v) is 5.99. The van der Waals surface area contributed by atoms with Gasteiger partial charge in [-0.15, -0.1) is 5.10 Å². The molecule has 26 heavy (non-hydrogen) atoms. The van der Waals surface area contributed by atoms with Crippen LogP contribution in [0.1, 0.15) is 5.56 Å². The minimum absolute atomic E-state index is 0.138. The summed E-state index contributed by atoms with van der Waals surface area (Å²) in [6, 6.07) is 12.8. The van der Waals surface area contributed by atoms with Gasteiger partial charge in [-0.1, -0.05) is 23.7 Å². The number of ether oxygens (including phenoxy) is 1. The molecule has 0 saturated heterocycles. The van der Waals surface area contributed by atoms with Crippen molar-refractivity contribution in [3.05, 3.63) is 87.8 Å². The van der Waals surface area contributed by atoms with E-state index in [-0.39, 0.29) is 29.6 Å². The largest absolute Gasteiger partial charge is 0.436 e. The average Bonchev–Trinajstić information content (AvgIpc) is 2.94. The van der Waals surface area contributed by atoms with Crippen LogP contribution in [-0.4, -0.2) is 19.2 Å². The summed E-state index contributed by atoms with van der Waals surface area (Å²) in [4.78, 5) is 16.7. The quantitative estimate of drug-likeness (QED) is 0.551. The standard InChI is InChI=1S/C18H12ClFN4O2/c19-13-4-6-15(7-5-13)26-17-16-22-24(18(25)23(16)9-8-21-17)11-12-2-1-3-14(20)10-12/h1-10H,11H2. The highest BCUT2D eigenvalue weighted by Gasteiger charge is 2.14. The van der Waals surface area contributed by atoms with Crippen molar-refractivity contribution in [1.82, 2.24) is 19.2 Å². The molecular weight excluding hydrogens is 359 g/mol. The minimum atomic E-state index is -0.368. The van der Waals surface area contributed by atoms with Gasteiger partial charge in [0.25, 0.3) is 5.88 Å². The zero-order valence-electron chi connectivity index (χ0n) is 13.3. The topological polar surface area (TPSA) is 61.4 Å². The Morgan fingerprint density at radius 1 is 1.15 bits per heavy atom. The first-order valence-corrected chi connectivity index (χ1v) is 8.10. The predicted molar refractivity (Wildman–Crippen MR) is 94.3 cm³/mol. The first-order valence-electron chi connectivity index (χ1n) is 7.72. The molecule has 0 spiro atoms. The number of aromatic nitrogens is 4. The van der Waals surface area contributed by atoms with Crippen LogP contribution in [0, 0.1) is 5.82 Å². The molecule has 0 aliphatic heterocycles. The average molecular weight is 371 g/mol. The molecule has 0 unspecified atom stereocenters. The fourth-order valence-electron chi connectivity index (χ4n) is 2.52. The first kappa shape index (κ1) is 16.3. The Kier molecular flexibility index (Phi) is 4.14. The van der Waals surface area contributed by atoms with Crippen LogP contribution in [0.15, 0.2) is 65.7 Å². The normalized spacial score (nSPS) is 11.0. The third-order valence-electron chi connectivity index (χ3n) is 3.72. The van der Waals surface area contributed by atoms with Crippen LogP contribution >= 0.6 is 11.6 Å². The van der Waals surface area contributed by atoms with E-state index in [1.807, 2.05) is 0 Å². The van der Waals surface area contributed by atoms with Crippen molar-refractivity contribution < 1.29 is 9.13 Å². The van der Waals surface area contributed by atoms with Crippen molar-refractivity contribution in [3.63, 3.8) is 0 Å². The monoisotopic (exact) mass is 370 g/mol. The van der Waals surface area contributed by atoms with E-state index >= 15 is 0 Å². The molecule has 0 bridgehead atoms. The summed E-state index contributed by atoms with van der Waals surface area (Å²) >= 11 is 5.86. The van der Waals surface area contributed by atoms with Gasteiger partial charge in [-0.25, -0.2) is 23.3 Å². The SMILES string of the molecule is O=c1n(Cc2cccc(F)c2)nc2c(Oc3ccc(Cl)cc3)nccn12. The van der Waals surface area contributed by atoms with Crippen LogP contribution < -0.4 is 10.4 Å². The molecule has 2 aromatic carbocycles. The van der Waals surface area contributed by atoms with E-state index in [0.717, 1.165) is 0 Å². The highest BCUT2D eigenvalue weighted by molar-refractivity contribution is 6.30. The van der Waals surface area contributed by atoms with Gasteiger partial charge in [0.05, 0.1) is 6.54 Å².